The van der Waals surface area contributed by atoms with Gasteiger partial charge in [-0.2, -0.15) is 13.2 Å². The Kier molecular flexibility index (Phi) is 3.77. The molecular weight excluding hydrogens is 295 g/mol. The van der Waals surface area contributed by atoms with Crippen LogP contribution in [-0.4, -0.2) is 31.9 Å². The summed E-state index contributed by atoms with van der Waals surface area (Å²) in [5.74, 6) is -0.675. The smallest absolute Gasteiger partial charge is 0.348 e. The van der Waals surface area contributed by atoms with Crippen LogP contribution in [0.5, 0.6) is 0 Å². The Morgan fingerprint density at radius 1 is 1.20 bits per heavy atom. The highest BCUT2D eigenvalue weighted by atomic mass is 32.2. The highest BCUT2D eigenvalue weighted by Gasteiger charge is 2.31. The number of rotatable bonds is 2. The largest absolute Gasteiger partial charge is 0.416 e. The topological polar surface area (TPSA) is 63.2 Å². The van der Waals surface area contributed by atoms with Crippen LogP contribution >= 0.6 is 0 Å². The molecule has 0 bridgehead atoms. The summed E-state index contributed by atoms with van der Waals surface area (Å²) in [6.45, 7) is 0. The van der Waals surface area contributed by atoms with E-state index in [9.17, 15) is 26.4 Å². The van der Waals surface area contributed by atoms with Crippen LogP contribution in [0.4, 0.5) is 13.2 Å². The fraction of sp³-hybridized carbons (Fsp3) is 0.417. The maximum absolute atomic E-state index is 12.4. The monoisotopic (exact) mass is 307 g/mol. The van der Waals surface area contributed by atoms with Gasteiger partial charge in [0.15, 0.2) is 9.84 Å². The Balaban J connectivity index is 2.03. The van der Waals surface area contributed by atoms with Crippen molar-refractivity contribution >= 4 is 15.7 Å². The molecule has 1 aliphatic rings. The van der Waals surface area contributed by atoms with E-state index >= 15 is 0 Å². The van der Waals surface area contributed by atoms with Gasteiger partial charge in [0.05, 0.1) is 17.1 Å². The van der Waals surface area contributed by atoms with Crippen LogP contribution in [0.1, 0.15) is 22.3 Å². The Hall–Kier alpha value is -1.57. The minimum absolute atomic E-state index is 0.0188. The van der Waals surface area contributed by atoms with Gasteiger partial charge in [-0.05, 0) is 30.7 Å². The van der Waals surface area contributed by atoms with Crippen LogP contribution in [-0.2, 0) is 16.0 Å². The summed E-state index contributed by atoms with van der Waals surface area (Å²) < 4.78 is 59.6. The minimum Gasteiger partial charge on any atom is -0.348 e. The van der Waals surface area contributed by atoms with E-state index in [4.69, 9.17) is 0 Å². The summed E-state index contributed by atoms with van der Waals surface area (Å²) in [5.41, 5.74) is -0.764. The normalized spacial score (nSPS) is 21.6. The average molecular weight is 307 g/mol. The lowest BCUT2D eigenvalue weighted by atomic mass is 10.1. The van der Waals surface area contributed by atoms with Gasteiger partial charge in [0.2, 0.25) is 0 Å². The van der Waals surface area contributed by atoms with Crippen LogP contribution in [0.15, 0.2) is 24.3 Å². The molecule has 0 unspecified atom stereocenters. The van der Waals surface area contributed by atoms with Crippen LogP contribution in [0.25, 0.3) is 0 Å². The Labute approximate surface area is 113 Å². The first-order valence-electron chi connectivity index (χ1n) is 5.86. The first-order chi connectivity index (χ1) is 9.17. The maximum Gasteiger partial charge on any atom is 0.416 e. The van der Waals surface area contributed by atoms with Gasteiger partial charge in [0.25, 0.3) is 5.91 Å². The molecule has 20 heavy (non-hydrogen) atoms. The molecule has 1 aromatic carbocycles. The summed E-state index contributed by atoms with van der Waals surface area (Å²) in [6.07, 6.45) is -4.12. The lowest BCUT2D eigenvalue weighted by molar-refractivity contribution is -0.137. The van der Waals surface area contributed by atoms with Crippen LogP contribution in [0, 0.1) is 0 Å². The van der Waals surface area contributed by atoms with E-state index in [-0.39, 0.29) is 17.1 Å². The highest BCUT2D eigenvalue weighted by Crippen LogP contribution is 2.29. The molecule has 0 saturated carbocycles. The van der Waals surface area contributed by atoms with Crippen molar-refractivity contribution in [2.24, 2.45) is 0 Å². The quantitative estimate of drug-likeness (QED) is 0.903. The molecule has 8 heteroatoms. The van der Waals surface area contributed by atoms with Crippen molar-refractivity contribution in [3.8, 4) is 0 Å². The highest BCUT2D eigenvalue weighted by molar-refractivity contribution is 7.91. The second-order valence-corrected chi connectivity index (χ2v) is 6.88. The van der Waals surface area contributed by atoms with Crippen molar-refractivity contribution in [2.45, 2.75) is 18.6 Å². The van der Waals surface area contributed by atoms with E-state index in [2.05, 4.69) is 5.32 Å². The lowest BCUT2D eigenvalue weighted by Crippen LogP contribution is -2.35. The van der Waals surface area contributed by atoms with E-state index in [1.807, 2.05) is 0 Å². The number of hydrogen-bond donors (Lipinski definition) is 1. The predicted molar refractivity (Wildman–Crippen MR) is 66.0 cm³/mol. The lowest BCUT2D eigenvalue weighted by Gasteiger charge is -2.11. The number of hydrogen-bond acceptors (Lipinski definition) is 3. The molecule has 1 N–H and O–H groups in total. The Morgan fingerprint density at radius 3 is 2.25 bits per heavy atom. The van der Waals surface area contributed by atoms with Crippen LogP contribution in [0.2, 0.25) is 0 Å². The van der Waals surface area contributed by atoms with Gasteiger partial charge in [0, 0.05) is 11.6 Å². The number of benzene rings is 1. The van der Waals surface area contributed by atoms with Crippen LogP contribution < -0.4 is 5.32 Å². The number of carbonyl (C=O) groups is 1. The van der Waals surface area contributed by atoms with E-state index in [0.717, 1.165) is 24.3 Å². The summed E-state index contributed by atoms with van der Waals surface area (Å²) >= 11 is 0. The number of alkyl halides is 3. The zero-order valence-electron chi connectivity index (χ0n) is 10.3. The Bertz CT molecular complexity index is 608. The number of amides is 1. The van der Waals surface area contributed by atoms with Gasteiger partial charge in [-0.3, -0.25) is 4.79 Å². The minimum atomic E-state index is -4.45. The Morgan fingerprint density at radius 2 is 1.80 bits per heavy atom. The fourth-order valence-electron chi connectivity index (χ4n) is 1.99. The molecule has 0 aliphatic carbocycles. The summed E-state index contributed by atoms with van der Waals surface area (Å²) in [7, 11) is -3.11. The van der Waals surface area contributed by atoms with Gasteiger partial charge < -0.3 is 5.32 Å². The van der Waals surface area contributed by atoms with E-state index in [1.54, 1.807) is 0 Å². The average Bonchev–Trinajstić information content (AvgIpc) is 2.67. The fourth-order valence-corrected chi connectivity index (χ4v) is 3.66. The third-order valence-corrected chi connectivity index (χ3v) is 4.81. The van der Waals surface area contributed by atoms with Crippen molar-refractivity contribution in [1.82, 2.24) is 5.32 Å². The molecule has 1 aromatic rings. The van der Waals surface area contributed by atoms with Crippen molar-refractivity contribution < 1.29 is 26.4 Å². The predicted octanol–water partition coefficient (Wildman–Crippen LogP) is 1.62. The third-order valence-electron chi connectivity index (χ3n) is 3.04. The molecule has 1 saturated heterocycles. The SMILES string of the molecule is O=C(N[C@@H]1CCS(=O)(=O)C1)c1ccc(C(F)(F)F)cc1. The number of carbonyl (C=O) groups excluding carboxylic acids is 1. The number of nitrogens with one attached hydrogen (secondary N) is 1. The van der Waals surface area contributed by atoms with Crippen molar-refractivity contribution in [3.63, 3.8) is 0 Å². The standard InChI is InChI=1S/C12H12F3NO3S/c13-12(14,15)9-3-1-8(2-4-9)11(17)16-10-5-6-20(18,19)7-10/h1-4,10H,5-7H2,(H,16,17)/t10-/m1/s1. The molecule has 1 atom stereocenters. The molecule has 0 spiro atoms. The molecule has 0 aromatic heterocycles. The van der Waals surface area contributed by atoms with Gasteiger partial charge in [0.1, 0.15) is 0 Å². The zero-order valence-corrected chi connectivity index (χ0v) is 11.1. The van der Waals surface area contributed by atoms with Gasteiger partial charge in [-0.15, -0.1) is 0 Å². The third kappa shape index (κ3) is 3.50. The summed E-state index contributed by atoms with van der Waals surface area (Å²) in [5, 5.41) is 2.51. The van der Waals surface area contributed by atoms with Crippen molar-refractivity contribution in [1.29, 1.82) is 0 Å². The molecule has 110 valence electrons. The van der Waals surface area contributed by atoms with Gasteiger partial charge in [-0.25, -0.2) is 8.42 Å². The molecule has 1 aliphatic heterocycles. The van der Waals surface area contributed by atoms with Gasteiger partial charge >= 0.3 is 6.18 Å². The number of sulfone groups is 1. The zero-order chi connectivity index (χ0) is 15.0. The molecule has 2 rings (SSSR count). The van der Waals surface area contributed by atoms with E-state index < -0.39 is 33.5 Å². The van der Waals surface area contributed by atoms with Crippen molar-refractivity contribution in [3.05, 3.63) is 35.4 Å². The molecule has 1 amide bonds. The van der Waals surface area contributed by atoms with E-state index in [0.29, 0.717) is 6.42 Å². The summed E-state index contributed by atoms with van der Waals surface area (Å²) in [6, 6.07) is 3.30. The van der Waals surface area contributed by atoms with Crippen molar-refractivity contribution in [2.75, 3.05) is 11.5 Å². The second-order valence-electron chi connectivity index (χ2n) is 4.65. The van der Waals surface area contributed by atoms with Gasteiger partial charge in [-0.1, -0.05) is 0 Å². The molecule has 1 heterocycles. The van der Waals surface area contributed by atoms with E-state index in [1.165, 1.54) is 0 Å². The molecule has 1 fully saturated rings. The van der Waals surface area contributed by atoms with Crippen LogP contribution in [0.3, 0.4) is 0 Å². The maximum atomic E-state index is 12.4. The second kappa shape index (κ2) is 5.08. The number of halogens is 3. The molecular formula is C12H12F3NO3S. The molecule has 4 nitrogen and oxygen atoms in total. The first kappa shape index (κ1) is 14.8. The first-order valence-corrected chi connectivity index (χ1v) is 7.68. The summed E-state index contributed by atoms with van der Waals surface area (Å²) in [4.78, 5) is 11.8. The molecule has 0 radical (unpaired) electrons.